The third-order valence-electron chi connectivity index (χ3n) is 4.73. The number of halogens is 3. The van der Waals surface area contributed by atoms with Gasteiger partial charge in [-0.25, -0.2) is 9.97 Å². The van der Waals surface area contributed by atoms with Gasteiger partial charge in [-0.2, -0.15) is 13.2 Å². The van der Waals surface area contributed by atoms with Crippen LogP contribution in [-0.4, -0.2) is 38.7 Å². The maximum absolute atomic E-state index is 12.8. The molecular formula is C18H17F3N4O. The summed E-state index contributed by atoms with van der Waals surface area (Å²) in [5, 5.41) is 9.57. The third kappa shape index (κ3) is 2.90. The molecule has 8 heteroatoms. The van der Waals surface area contributed by atoms with E-state index < -0.39 is 11.7 Å². The van der Waals surface area contributed by atoms with Crippen molar-refractivity contribution in [2.75, 3.05) is 18.1 Å². The van der Waals surface area contributed by atoms with Crippen LogP contribution in [0.15, 0.2) is 42.9 Å². The first kappa shape index (κ1) is 16.8. The van der Waals surface area contributed by atoms with Crippen LogP contribution in [0.25, 0.3) is 16.9 Å². The lowest BCUT2D eigenvalue weighted by Gasteiger charge is -2.24. The van der Waals surface area contributed by atoms with Crippen LogP contribution in [0.2, 0.25) is 0 Å². The van der Waals surface area contributed by atoms with Gasteiger partial charge in [0.1, 0.15) is 11.5 Å². The van der Waals surface area contributed by atoms with Gasteiger partial charge in [-0.15, -0.1) is 0 Å². The van der Waals surface area contributed by atoms with E-state index in [1.165, 1.54) is 12.1 Å². The Morgan fingerprint density at radius 3 is 2.65 bits per heavy atom. The van der Waals surface area contributed by atoms with Gasteiger partial charge >= 0.3 is 6.18 Å². The summed E-state index contributed by atoms with van der Waals surface area (Å²) in [6.45, 7) is 0.824. The average molecular weight is 362 g/mol. The van der Waals surface area contributed by atoms with Gasteiger partial charge in [-0.05, 0) is 25.0 Å². The maximum Gasteiger partial charge on any atom is 0.416 e. The Kier molecular flexibility index (Phi) is 4.07. The van der Waals surface area contributed by atoms with Crippen LogP contribution in [0.4, 0.5) is 19.0 Å². The molecule has 1 aliphatic heterocycles. The Balaban J connectivity index is 1.80. The molecule has 136 valence electrons. The van der Waals surface area contributed by atoms with Crippen molar-refractivity contribution >= 4 is 11.5 Å². The zero-order valence-corrected chi connectivity index (χ0v) is 13.8. The van der Waals surface area contributed by atoms with Crippen LogP contribution in [0.3, 0.4) is 0 Å². The Morgan fingerprint density at radius 2 is 1.96 bits per heavy atom. The molecule has 1 atom stereocenters. The quantitative estimate of drug-likeness (QED) is 0.776. The summed E-state index contributed by atoms with van der Waals surface area (Å²) in [6.07, 6.45) is 2.71. The van der Waals surface area contributed by atoms with E-state index in [2.05, 4.69) is 9.97 Å². The number of hydrogen-bond donors (Lipinski definition) is 1. The van der Waals surface area contributed by atoms with Crippen molar-refractivity contribution in [3.05, 3.63) is 48.4 Å². The number of aliphatic hydroxyl groups is 1. The fraction of sp³-hybridized carbons (Fsp3) is 0.333. The molecule has 0 aliphatic carbocycles. The van der Waals surface area contributed by atoms with Crippen molar-refractivity contribution in [1.82, 2.24) is 14.4 Å². The van der Waals surface area contributed by atoms with Gasteiger partial charge in [0.15, 0.2) is 5.65 Å². The number of nitrogens with zero attached hydrogens (tertiary/aromatic N) is 4. The minimum absolute atomic E-state index is 0.00364. The molecular weight excluding hydrogens is 345 g/mol. The molecule has 2 aromatic heterocycles. The van der Waals surface area contributed by atoms with Crippen molar-refractivity contribution in [2.24, 2.45) is 0 Å². The molecule has 0 bridgehead atoms. The highest BCUT2D eigenvalue weighted by atomic mass is 19.4. The van der Waals surface area contributed by atoms with Gasteiger partial charge in [0.2, 0.25) is 0 Å². The minimum atomic E-state index is -4.37. The van der Waals surface area contributed by atoms with Gasteiger partial charge in [-0.3, -0.25) is 0 Å². The highest BCUT2D eigenvalue weighted by molar-refractivity contribution is 5.75. The molecule has 1 aromatic carbocycles. The zero-order valence-electron chi connectivity index (χ0n) is 13.8. The van der Waals surface area contributed by atoms with Gasteiger partial charge in [0, 0.05) is 24.5 Å². The standard InChI is InChI=1S/C18H17F3N4O/c19-18(20,21)13-5-3-12(4-6-13)16-17-22-7-9-24(17)10-15(23-16)25-8-1-2-14(25)11-26/h3-7,9-10,14,26H,1-2,8,11H2. The normalized spacial score (nSPS) is 18.0. The van der Waals surface area contributed by atoms with E-state index in [1.807, 2.05) is 15.5 Å². The highest BCUT2D eigenvalue weighted by Crippen LogP contribution is 2.32. The van der Waals surface area contributed by atoms with Gasteiger partial charge < -0.3 is 14.4 Å². The van der Waals surface area contributed by atoms with Gasteiger partial charge in [0.05, 0.1) is 24.4 Å². The summed E-state index contributed by atoms with van der Waals surface area (Å²) >= 11 is 0. The summed E-state index contributed by atoms with van der Waals surface area (Å²) < 4.78 is 40.2. The number of rotatable bonds is 3. The molecule has 3 heterocycles. The van der Waals surface area contributed by atoms with Gasteiger partial charge in [-0.1, -0.05) is 12.1 Å². The van der Waals surface area contributed by atoms with Crippen molar-refractivity contribution in [2.45, 2.75) is 25.1 Å². The SMILES string of the molecule is OCC1CCCN1c1cn2ccnc2c(-c2ccc(C(F)(F)F)cc2)n1. The summed E-state index contributed by atoms with van der Waals surface area (Å²) in [4.78, 5) is 11.0. The van der Waals surface area contributed by atoms with Crippen molar-refractivity contribution in [1.29, 1.82) is 0 Å². The highest BCUT2D eigenvalue weighted by Gasteiger charge is 2.30. The molecule has 1 saturated heterocycles. The number of aliphatic hydroxyl groups excluding tert-OH is 1. The number of aromatic nitrogens is 3. The largest absolute Gasteiger partial charge is 0.416 e. The molecule has 0 radical (unpaired) electrons. The molecule has 1 fully saturated rings. The zero-order chi connectivity index (χ0) is 18.3. The molecule has 3 aromatic rings. The number of alkyl halides is 3. The lowest BCUT2D eigenvalue weighted by Crippen LogP contribution is -2.33. The van der Waals surface area contributed by atoms with Crippen LogP contribution in [-0.2, 0) is 6.18 Å². The van der Waals surface area contributed by atoms with E-state index >= 15 is 0 Å². The topological polar surface area (TPSA) is 53.7 Å². The van der Waals surface area contributed by atoms with E-state index in [0.29, 0.717) is 22.7 Å². The first-order valence-corrected chi connectivity index (χ1v) is 8.36. The third-order valence-corrected chi connectivity index (χ3v) is 4.73. The lowest BCUT2D eigenvalue weighted by molar-refractivity contribution is -0.137. The maximum atomic E-state index is 12.8. The van der Waals surface area contributed by atoms with E-state index in [9.17, 15) is 18.3 Å². The van der Waals surface area contributed by atoms with Crippen LogP contribution in [0, 0.1) is 0 Å². The van der Waals surface area contributed by atoms with Crippen LogP contribution in [0.5, 0.6) is 0 Å². The van der Waals surface area contributed by atoms with E-state index in [4.69, 9.17) is 0 Å². The van der Waals surface area contributed by atoms with Crippen molar-refractivity contribution < 1.29 is 18.3 Å². The van der Waals surface area contributed by atoms with E-state index in [0.717, 1.165) is 31.5 Å². The Labute approximate surface area is 147 Å². The molecule has 1 aliphatic rings. The predicted molar refractivity (Wildman–Crippen MR) is 90.9 cm³/mol. The minimum Gasteiger partial charge on any atom is -0.394 e. The number of imidazole rings is 1. The molecule has 4 rings (SSSR count). The molecule has 0 spiro atoms. The fourth-order valence-electron chi connectivity index (χ4n) is 3.39. The van der Waals surface area contributed by atoms with Crippen LogP contribution < -0.4 is 4.90 Å². The van der Waals surface area contributed by atoms with Crippen molar-refractivity contribution in [3.8, 4) is 11.3 Å². The average Bonchev–Trinajstić information content (AvgIpc) is 3.28. The Bertz CT molecular complexity index is 920. The summed E-state index contributed by atoms with van der Waals surface area (Å²) in [7, 11) is 0. The smallest absolute Gasteiger partial charge is 0.394 e. The first-order valence-electron chi connectivity index (χ1n) is 8.36. The van der Waals surface area contributed by atoms with Gasteiger partial charge in [0.25, 0.3) is 0 Å². The Hall–Kier alpha value is -2.61. The number of benzene rings is 1. The Morgan fingerprint density at radius 1 is 1.19 bits per heavy atom. The number of fused-ring (bicyclic) bond motifs is 1. The molecule has 1 N–H and O–H groups in total. The second-order valence-corrected chi connectivity index (χ2v) is 6.35. The number of hydrogen-bond acceptors (Lipinski definition) is 4. The van der Waals surface area contributed by atoms with E-state index in [1.54, 1.807) is 12.4 Å². The first-order chi connectivity index (χ1) is 12.5. The molecule has 26 heavy (non-hydrogen) atoms. The molecule has 1 unspecified atom stereocenters. The fourth-order valence-corrected chi connectivity index (χ4v) is 3.39. The lowest BCUT2D eigenvalue weighted by atomic mass is 10.1. The van der Waals surface area contributed by atoms with E-state index in [-0.39, 0.29) is 12.6 Å². The summed E-state index contributed by atoms with van der Waals surface area (Å²) in [6, 6.07) is 4.93. The van der Waals surface area contributed by atoms with Crippen LogP contribution in [0.1, 0.15) is 18.4 Å². The monoisotopic (exact) mass is 362 g/mol. The molecule has 0 amide bonds. The molecule has 0 saturated carbocycles. The van der Waals surface area contributed by atoms with Crippen LogP contribution >= 0.6 is 0 Å². The summed E-state index contributed by atoms with van der Waals surface area (Å²) in [5.74, 6) is 0.682. The summed E-state index contributed by atoms with van der Waals surface area (Å²) in [5.41, 5.74) is 0.963. The van der Waals surface area contributed by atoms with Crippen molar-refractivity contribution in [3.63, 3.8) is 0 Å². The number of anilines is 1. The second-order valence-electron chi connectivity index (χ2n) is 6.35. The molecule has 5 nitrogen and oxygen atoms in total. The predicted octanol–water partition coefficient (Wildman–Crippen LogP) is 3.38. The second kappa shape index (κ2) is 6.28.